The molecule has 1 aliphatic rings. The molecule has 0 unspecified atom stereocenters. The molecule has 0 atom stereocenters. The molecule has 1 fully saturated rings. The van der Waals surface area contributed by atoms with Crippen molar-refractivity contribution in [1.82, 2.24) is 9.38 Å². The Kier molecular flexibility index (Phi) is 3.21. The van der Waals surface area contributed by atoms with E-state index in [0.717, 1.165) is 37.1 Å². The Morgan fingerprint density at radius 3 is 2.75 bits per heavy atom. The van der Waals surface area contributed by atoms with Gasteiger partial charge in [0.05, 0.1) is 5.60 Å². The number of nitrogens with one attached hydrogen (secondary N) is 1. The minimum Gasteiger partial charge on any atom is -0.388 e. The zero-order valence-electron chi connectivity index (χ0n) is 12.3. The van der Waals surface area contributed by atoms with Crippen molar-refractivity contribution < 1.29 is 5.11 Å². The number of rotatable bonds is 3. The van der Waals surface area contributed by atoms with Crippen LogP contribution in [-0.4, -0.2) is 26.6 Å². The smallest absolute Gasteiger partial charge is 0.138 e. The summed E-state index contributed by atoms with van der Waals surface area (Å²) in [6.07, 6.45) is 7.63. The first-order valence-electron chi connectivity index (χ1n) is 7.36. The van der Waals surface area contributed by atoms with Crippen LogP contribution in [0.3, 0.4) is 0 Å². The summed E-state index contributed by atoms with van der Waals surface area (Å²) in [5.41, 5.74) is 0.709. The van der Waals surface area contributed by atoms with E-state index in [2.05, 4.69) is 24.1 Å². The Labute approximate surface area is 119 Å². The first kappa shape index (κ1) is 13.4. The predicted octanol–water partition coefficient (Wildman–Crippen LogP) is 3.08. The Bertz CT molecular complexity index is 593. The molecule has 2 N–H and O–H groups in total. The van der Waals surface area contributed by atoms with E-state index in [-0.39, 0.29) is 0 Å². The first-order valence-corrected chi connectivity index (χ1v) is 7.36. The molecule has 0 aromatic carbocycles. The van der Waals surface area contributed by atoms with Gasteiger partial charge in [-0.05, 0) is 43.2 Å². The number of pyridine rings is 1. The zero-order chi connectivity index (χ0) is 14.2. The number of aliphatic hydroxyl groups is 1. The number of fused-ring (bicyclic) bond motifs is 1. The molecule has 2 heterocycles. The van der Waals surface area contributed by atoms with Crippen molar-refractivity contribution in [3.8, 4) is 0 Å². The van der Waals surface area contributed by atoms with E-state index in [1.54, 1.807) is 6.20 Å². The van der Waals surface area contributed by atoms with Crippen molar-refractivity contribution in [3.05, 3.63) is 30.6 Å². The highest BCUT2D eigenvalue weighted by Gasteiger charge is 2.36. The molecular weight excluding hydrogens is 250 g/mol. The van der Waals surface area contributed by atoms with Crippen molar-refractivity contribution in [3.63, 3.8) is 0 Å². The Hall–Kier alpha value is -1.55. The zero-order valence-corrected chi connectivity index (χ0v) is 12.3. The summed E-state index contributed by atoms with van der Waals surface area (Å²) in [5, 5.41) is 14.1. The maximum atomic E-state index is 10.7. The van der Waals surface area contributed by atoms with Crippen LogP contribution in [0.15, 0.2) is 30.6 Å². The van der Waals surface area contributed by atoms with E-state index in [9.17, 15) is 5.11 Å². The lowest BCUT2D eigenvalue weighted by Crippen LogP contribution is -2.42. The summed E-state index contributed by atoms with van der Waals surface area (Å²) in [4.78, 5) is 4.27. The third-order valence-corrected chi connectivity index (χ3v) is 4.56. The molecular formula is C16H23N3O. The molecule has 1 aliphatic carbocycles. The summed E-state index contributed by atoms with van der Waals surface area (Å²) in [5.74, 6) is 0.984. The molecule has 0 amide bonds. The number of imidazole rings is 1. The van der Waals surface area contributed by atoms with Gasteiger partial charge in [0.2, 0.25) is 0 Å². The highest BCUT2D eigenvalue weighted by Crippen LogP contribution is 2.40. The summed E-state index contributed by atoms with van der Waals surface area (Å²) < 4.78 is 2.01. The molecule has 3 rings (SSSR count). The van der Waals surface area contributed by atoms with Crippen molar-refractivity contribution in [2.24, 2.45) is 5.41 Å². The lowest BCUT2D eigenvalue weighted by molar-refractivity contribution is -0.0146. The van der Waals surface area contributed by atoms with Gasteiger partial charge in [-0.2, -0.15) is 0 Å². The summed E-state index contributed by atoms with van der Waals surface area (Å²) in [6.45, 7) is 5.17. The molecule has 20 heavy (non-hydrogen) atoms. The van der Waals surface area contributed by atoms with Gasteiger partial charge < -0.3 is 10.4 Å². The second kappa shape index (κ2) is 4.77. The van der Waals surface area contributed by atoms with Crippen LogP contribution in [0.4, 0.5) is 5.82 Å². The van der Waals surface area contributed by atoms with E-state index >= 15 is 0 Å². The first-order chi connectivity index (χ1) is 9.48. The highest BCUT2D eigenvalue weighted by molar-refractivity contribution is 5.49. The molecule has 0 aliphatic heterocycles. The Morgan fingerprint density at radius 1 is 1.25 bits per heavy atom. The maximum Gasteiger partial charge on any atom is 0.138 e. The Balaban J connectivity index is 1.69. The molecule has 0 saturated heterocycles. The number of hydrogen-bond donors (Lipinski definition) is 2. The molecule has 2 aromatic rings. The molecule has 4 nitrogen and oxygen atoms in total. The van der Waals surface area contributed by atoms with E-state index < -0.39 is 5.60 Å². The van der Waals surface area contributed by atoms with E-state index in [1.807, 2.05) is 28.8 Å². The average Bonchev–Trinajstić information content (AvgIpc) is 2.89. The summed E-state index contributed by atoms with van der Waals surface area (Å²) in [6, 6.07) is 5.98. The third-order valence-electron chi connectivity index (χ3n) is 4.56. The third kappa shape index (κ3) is 2.66. The van der Waals surface area contributed by atoms with Crippen LogP contribution < -0.4 is 5.32 Å². The monoisotopic (exact) mass is 273 g/mol. The van der Waals surface area contributed by atoms with Crippen LogP contribution in [-0.2, 0) is 0 Å². The fourth-order valence-corrected chi connectivity index (χ4v) is 2.92. The van der Waals surface area contributed by atoms with Gasteiger partial charge in [-0.3, -0.25) is 4.40 Å². The van der Waals surface area contributed by atoms with Crippen LogP contribution >= 0.6 is 0 Å². The van der Waals surface area contributed by atoms with Crippen molar-refractivity contribution in [2.45, 2.75) is 45.1 Å². The van der Waals surface area contributed by atoms with E-state index in [0.29, 0.717) is 12.0 Å². The van der Waals surface area contributed by atoms with Crippen LogP contribution in [0.2, 0.25) is 0 Å². The van der Waals surface area contributed by atoms with Gasteiger partial charge in [0, 0.05) is 18.9 Å². The van der Waals surface area contributed by atoms with E-state index in [4.69, 9.17) is 0 Å². The van der Waals surface area contributed by atoms with Crippen LogP contribution in [0.5, 0.6) is 0 Å². The highest BCUT2D eigenvalue weighted by atomic mass is 16.3. The molecule has 108 valence electrons. The molecule has 2 aromatic heterocycles. The second-order valence-electron chi connectivity index (χ2n) is 6.81. The average molecular weight is 273 g/mol. The van der Waals surface area contributed by atoms with E-state index in [1.165, 1.54) is 0 Å². The van der Waals surface area contributed by atoms with Crippen LogP contribution in [0.25, 0.3) is 5.65 Å². The van der Waals surface area contributed by atoms with Crippen molar-refractivity contribution in [1.29, 1.82) is 0 Å². The van der Waals surface area contributed by atoms with Crippen LogP contribution in [0.1, 0.15) is 39.5 Å². The normalized spacial score (nSPS) is 20.9. The molecule has 4 heteroatoms. The Morgan fingerprint density at radius 2 is 2.00 bits per heavy atom. The van der Waals surface area contributed by atoms with Gasteiger partial charge >= 0.3 is 0 Å². The van der Waals surface area contributed by atoms with Gasteiger partial charge in [0.1, 0.15) is 11.5 Å². The van der Waals surface area contributed by atoms with Crippen molar-refractivity contribution >= 4 is 11.5 Å². The molecule has 0 radical (unpaired) electrons. The predicted molar refractivity (Wildman–Crippen MR) is 80.9 cm³/mol. The maximum absolute atomic E-state index is 10.7. The largest absolute Gasteiger partial charge is 0.388 e. The number of nitrogens with zero attached hydrogens (tertiary/aromatic N) is 2. The minimum atomic E-state index is -0.585. The van der Waals surface area contributed by atoms with Gasteiger partial charge in [-0.15, -0.1) is 0 Å². The van der Waals surface area contributed by atoms with Crippen molar-refractivity contribution in [2.75, 3.05) is 11.9 Å². The fraction of sp³-hybridized carbons (Fsp3) is 0.562. The topological polar surface area (TPSA) is 49.6 Å². The standard InChI is InChI=1S/C16H23N3O/c1-15(2)6-8-16(20,9-7-15)12-18-14-5-3-4-13-17-10-11-19(13)14/h3-5,10-11,18,20H,6-9,12H2,1-2H3. The SMILES string of the molecule is CC1(C)CCC(O)(CNc2cccc3nccn23)CC1. The second-order valence-corrected chi connectivity index (χ2v) is 6.81. The van der Waals surface area contributed by atoms with Gasteiger partial charge in [0.15, 0.2) is 0 Å². The number of anilines is 1. The molecule has 1 saturated carbocycles. The lowest BCUT2D eigenvalue weighted by Gasteiger charge is -2.40. The minimum absolute atomic E-state index is 0.372. The van der Waals surface area contributed by atoms with Gasteiger partial charge in [-0.25, -0.2) is 4.98 Å². The summed E-state index contributed by atoms with van der Waals surface area (Å²) >= 11 is 0. The fourth-order valence-electron chi connectivity index (χ4n) is 2.92. The quantitative estimate of drug-likeness (QED) is 0.903. The lowest BCUT2D eigenvalue weighted by atomic mass is 9.71. The summed E-state index contributed by atoms with van der Waals surface area (Å²) in [7, 11) is 0. The van der Waals surface area contributed by atoms with Gasteiger partial charge in [-0.1, -0.05) is 19.9 Å². The van der Waals surface area contributed by atoms with Gasteiger partial charge in [0.25, 0.3) is 0 Å². The number of aromatic nitrogens is 2. The molecule has 0 bridgehead atoms. The molecule has 0 spiro atoms. The van der Waals surface area contributed by atoms with Crippen LogP contribution in [0, 0.1) is 5.41 Å². The number of hydrogen-bond acceptors (Lipinski definition) is 3.